The second-order valence-corrected chi connectivity index (χ2v) is 6.06. The third-order valence-electron chi connectivity index (χ3n) is 3.68. The second kappa shape index (κ2) is 24.3. The van der Waals surface area contributed by atoms with Gasteiger partial charge in [-0.1, -0.05) is 26.2 Å². The van der Waals surface area contributed by atoms with Crippen LogP contribution in [0.2, 0.25) is 0 Å². The summed E-state index contributed by atoms with van der Waals surface area (Å²) >= 11 is 0. The van der Waals surface area contributed by atoms with E-state index in [0.717, 1.165) is 13.0 Å². The molecule has 168 valence electrons. The topological polar surface area (TPSA) is 81.7 Å². The Morgan fingerprint density at radius 1 is 0.536 bits per heavy atom. The number of ether oxygens (including phenoxy) is 7. The van der Waals surface area contributed by atoms with Crippen LogP contribution in [0.3, 0.4) is 0 Å². The minimum Gasteiger partial charge on any atom is -0.469 e. The van der Waals surface area contributed by atoms with E-state index in [4.69, 9.17) is 28.4 Å². The number of carbonyl (C=O) groups excluding carboxylic acids is 1. The fraction of sp³-hybridized carbons (Fsp3) is 0.950. The molecule has 0 aromatic heterocycles. The normalized spacial score (nSPS) is 11.1. The maximum Gasteiger partial charge on any atom is 0.307 e. The van der Waals surface area contributed by atoms with Crippen molar-refractivity contribution in [2.75, 3.05) is 86.4 Å². The van der Waals surface area contributed by atoms with Crippen LogP contribution in [0.1, 0.15) is 39.0 Å². The number of rotatable bonds is 23. The molecule has 0 unspecified atom stereocenters. The summed E-state index contributed by atoms with van der Waals surface area (Å²) in [7, 11) is 1.36. The molecular formula is C20H40O8. The summed E-state index contributed by atoms with van der Waals surface area (Å²) in [6, 6.07) is 0. The Morgan fingerprint density at radius 3 is 1.32 bits per heavy atom. The Morgan fingerprint density at radius 2 is 0.929 bits per heavy atom. The lowest BCUT2D eigenvalue weighted by Gasteiger charge is -2.08. The van der Waals surface area contributed by atoms with Crippen molar-refractivity contribution in [1.82, 2.24) is 0 Å². The van der Waals surface area contributed by atoms with Gasteiger partial charge in [0.1, 0.15) is 0 Å². The van der Waals surface area contributed by atoms with Gasteiger partial charge in [0.25, 0.3) is 0 Å². The first-order chi connectivity index (χ1) is 13.8. The van der Waals surface area contributed by atoms with Crippen LogP contribution >= 0.6 is 0 Å². The van der Waals surface area contributed by atoms with Crippen LogP contribution < -0.4 is 0 Å². The molecule has 0 aromatic carbocycles. The van der Waals surface area contributed by atoms with Crippen molar-refractivity contribution in [2.24, 2.45) is 0 Å². The van der Waals surface area contributed by atoms with Crippen molar-refractivity contribution in [3.63, 3.8) is 0 Å². The van der Waals surface area contributed by atoms with Gasteiger partial charge in [-0.25, -0.2) is 0 Å². The Kier molecular flexibility index (Phi) is 23.6. The molecule has 0 bridgehead atoms. The van der Waals surface area contributed by atoms with Crippen molar-refractivity contribution >= 4 is 5.97 Å². The zero-order chi connectivity index (χ0) is 20.5. The van der Waals surface area contributed by atoms with Gasteiger partial charge >= 0.3 is 5.97 Å². The van der Waals surface area contributed by atoms with E-state index in [0.29, 0.717) is 72.7 Å². The molecule has 0 aliphatic heterocycles. The van der Waals surface area contributed by atoms with Crippen LogP contribution in [-0.4, -0.2) is 92.4 Å². The molecule has 0 atom stereocenters. The molecule has 0 saturated heterocycles. The first kappa shape index (κ1) is 27.2. The standard InChI is InChI=1S/C20H40O8/c1-3-4-5-6-8-23-10-12-25-14-16-27-18-19-28-17-15-26-13-11-24-9-7-20(21)22-2/h3-19H2,1-2H3. The van der Waals surface area contributed by atoms with Gasteiger partial charge in [-0.05, 0) is 6.42 Å². The van der Waals surface area contributed by atoms with Gasteiger partial charge in [-0.15, -0.1) is 0 Å². The zero-order valence-corrected chi connectivity index (χ0v) is 17.8. The fourth-order valence-corrected chi connectivity index (χ4v) is 2.09. The van der Waals surface area contributed by atoms with Crippen LogP contribution in [0.15, 0.2) is 0 Å². The van der Waals surface area contributed by atoms with Gasteiger partial charge < -0.3 is 33.2 Å². The summed E-state index contributed by atoms with van der Waals surface area (Å²) in [5.74, 6) is -0.273. The van der Waals surface area contributed by atoms with Gasteiger partial charge in [0.2, 0.25) is 0 Å². The predicted octanol–water partition coefficient (Wildman–Crippen LogP) is 2.23. The van der Waals surface area contributed by atoms with Gasteiger partial charge in [0.05, 0.1) is 86.2 Å². The van der Waals surface area contributed by atoms with Crippen molar-refractivity contribution in [2.45, 2.75) is 39.0 Å². The monoisotopic (exact) mass is 408 g/mol. The predicted molar refractivity (Wildman–Crippen MR) is 106 cm³/mol. The molecule has 0 heterocycles. The molecule has 0 radical (unpaired) electrons. The highest BCUT2D eigenvalue weighted by atomic mass is 16.6. The molecule has 0 spiro atoms. The summed E-state index contributed by atoms with van der Waals surface area (Å²) < 4.78 is 36.8. The molecule has 8 nitrogen and oxygen atoms in total. The van der Waals surface area contributed by atoms with E-state index < -0.39 is 0 Å². The third-order valence-corrected chi connectivity index (χ3v) is 3.68. The summed E-state index contributed by atoms with van der Waals surface area (Å²) in [5, 5.41) is 0. The van der Waals surface area contributed by atoms with Crippen molar-refractivity contribution < 1.29 is 38.0 Å². The summed E-state index contributed by atoms with van der Waals surface area (Å²) in [5.41, 5.74) is 0. The van der Waals surface area contributed by atoms with E-state index in [1.807, 2.05) is 0 Å². The minimum absolute atomic E-state index is 0.261. The lowest BCUT2D eigenvalue weighted by molar-refractivity contribution is -0.141. The van der Waals surface area contributed by atoms with Crippen LogP contribution in [0.5, 0.6) is 0 Å². The van der Waals surface area contributed by atoms with Crippen LogP contribution in [0, 0.1) is 0 Å². The number of methoxy groups -OCH3 is 1. The largest absolute Gasteiger partial charge is 0.469 e. The number of hydrogen-bond donors (Lipinski definition) is 0. The van der Waals surface area contributed by atoms with Crippen LogP contribution in [0.25, 0.3) is 0 Å². The van der Waals surface area contributed by atoms with Crippen molar-refractivity contribution in [1.29, 1.82) is 0 Å². The summed E-state index contributed by atoms with van der Waals surface area (Å²) in [6.45, 7) is 8.75. The maximum absolute atomic E-state index is 10.8. The minimum atomic E-state index is -0.273. The van der Waals surface area contributed by atoms with Gasteiger partial charge in [-0.2, -0.15) is 0 Å². The zero-order valence-electron chi connectivity index (χ0n) is 17.8. The van der Waals surface area contributed by atoms with E-state index >= 15 is 0 Å². The second-order valence-electron chi connectivity index (χ2n) is 6.06. The van der Waals surface area contributed by atoms with Gasteiger partial charge in [0, 0.05) is 6.61 Å². The van der Waals surface area contributed by atoms with Crippen LogP contribution in [-0.2, 0) is 38.0 Å². The fourth-order valence-electron chi connectivity index (χ4n) is 2.09. The first-order valence-corrected chi connectivity index (χ1v) is 10.3. The first-order valence-electron chi connectivity index (χ1n) is 10.3. The lowest BCUT2D eigenvalue weighted by Crippen LogP contribution is -2.14. The molecule has 0 N–H and O–H groups in total. The smallest absolute Gasteiger partial charge is 0.307 e. The van der Waals surface area contributed by atoms with Crippen molar-refractivity contribution in [3.05, 3.63) is 0 Å². The number of unbranched alkanes of at least 4 members (excludes halogenated alkanes) is 3. The molecule has 0 aliphatic rings. The Bertz CT molecular complexity index is 315. The third kappa shape index (κ3) is 23.3. The molecule has 0 aromatic rings. The van der Waals surface area contributed by atoms with Crippen LogP contribution in [0.4, 0.5) is 0 Å². The van der Waals surface area contributed by atoms with E-state index in [1.165, 1.54) is 26.4 Å². The summed E-state index contributed by atoms with van der Waals surface area (Å²) in [6.07, 6.45) is 5.16. The highest BCUT2D eigenvalue weighted by molar-refractivity contribution is 5.69. The van der Waals surface area contributed by atoms with Gasteiger partial charge in [-0.3, -0.25) is 4.79 Å². The molecular weight excluding hydrogens is 368 g/mol. The van der Waals surface area contributed by atoms with E-state index in [2.05, 4.69) is 11.7 Å². The average Bonchev–Trinajstić information content (AvgIpc) is 2.71. The Hall–Kier alpha value is -0.770. The molecule has 0 fully saturated rings. The number of esters is 1. The average molecular weight is 409 g/mol. The molecule has 0 amide bonds. The highest BCUT2D eigenvalue weighted by Crippen LogP contribution is 1.98. The van der Waals surface area contributed by atoms with Gasteiger partial charge in [0.15, 0.2) is 0 Å². The molecule has 8 heteroatoms. The quantitative estimate of drug-likeness (QED) is 0.188. The number of hydrogen-bond acceptors (Lipinski definition) is 8. The van der Waals surface area contributed by atoms with Crippen molar-refractivity contribution in [3.8, 4) is 0 Å². The number of carbonyl (C=O) groups is 1. The highest BCUT2D eigenvalue weighted by Gasteiger charge is 1.99. The molecule has 0 rings (SSSR count). The molecule has 28 heavy (non-hydrogen) atoms. The molecule has 0 aliphatic carbocycles. The lowest BCUT2D eigenvalue weighted by atomic mass is 10.2. The maximum atomic E-state index is 10.8. The van der Waals surface area contributed by atoms with E-state index in [-0.39, 0.29) is 12.4 Å². The molecule has 0 saturated carbocycles. The SMILES string of the molecule is CCCCCCOCCOCCOCCOCCOCCOCCC(=O)OC. The summed E-state index contributed by atoms with van der Waals surface area (Å²) in [4.78, 5) is 10.8. The Balaban J connectivity index is 3.00. The van der Waals surface area contributed by atoms with E-state index in [9.17, 15) is 4.79 Å². The Labute approximate surface area is 170 Å². The van der Waals surface area contributed by atoms with E-state index in [1.54, 1.807) is 0 Å².